The van der Waals surface area contributed by atoms with Gasteiger partial charge in [-0.15, -0.1) is 0 Å². The predicted molar refractivity (Wildman–Crippen MR) is 146 cm³/mol. The highest BCUT2D eigenvalue weighted by Crippen LogP contribution is 2.29. The second-order valence-corrected chi connectivity index (χ2v) is 9.72. The second kappa shape index (κ2) is 10.9. The normalized spacial score (nSPS) is 12.9. The molecule has 0 atom stereocenters. The number of aromatic amines is 1. The van der Waals surface area contributed by atoms with Crippen LogP contribution in [0.5, 0.6) is 5.75 Å². The van der Waals surface area contributed by atoms with E-state index in [1.807, 2.05) is 78.7 Å². The summed E-state index contributed by atoms with van der Waals surface area (Å²) in [5, 5.41) is 1.17. The summed E-state index contributed by atoms with van der Waals surface area (Å²) in [7, 11) is 1.65. The van der Waals surface area contributed by atoms with Crippen LogP contribution in [0.25, 0.3) is 10.9 Å². The molecule has 0 bridgehead atoms. The topological polar surface area (TPSA) is 65.6 Å². The van der Waals surface area contributed by atoms with Gasteiger partial charge < -0.3 is 19.5 Å². The van der Waals surface area contributed by atoms with Crippen molar-refractivity contribution in [3.05, 3.63) is 101 Å². The number of methoxy groups -OCH3 is 1. The Balaban J connectivity index is 1.38. The standard InChI is InChI=1S/C31H33N3O3/c1-22-9-3-5-11-26(22)31(36)34(25-15-16-25)21-30(35)33(20-24-10-4-8-14-29(24)37-2)18-17-23-19-32-28-13-7-6-12-27(23)28/h3-14,19,25,32H,15-18,20-21H2,1-2H3. The molecule has 4 aromatic rings. The van der Waals surface area contributed by atoms with E-state index < -0.39 is 0 Å². The molecule has 1 heterocycles. The molecule has 0 radical (unpaired) electrons. The van der Waals surface area contributed by atoms with E-state index in [9.17, 15) is 9.59 Å². The molecule has 37 heavy (non-hydrogen) atoms. The van der Waals surface area contributed by atoms with E-state index in [1.54, 1.807) is 12.0 Å². The molecule has 1 aliphatic rings. The monoisotopic (exact) mass is 495 g/mol. The molecule has 1 aliphatic carbocycles. The number of H-pyrrole nitrogens is 1. The van der Waals surface area contributed by atoms with Gasteiger partial charge in [-0.3, -0.25) is 9.59 Å². The molecule has 0 spiro atoms. The summed E-state index contributed by atoms with van der Waals surface area (Å²) < 4.78 is 5.57. The highest BCUT2D eigenvalue weighted by Gasteiger charge is 2.35. The van der Waals surface area contributed by atoms with Gasteiger partial charge in [-0.25, -0.2) is 0 Å². The zero-order valence-corrected chi connectivity index (χ0v) is 21.4. The molecular formula is C31H33N3O3. The fourth-order valence-corrected chi connectivity index (χ4v) is 4.89. The average molecular weight is 496 g/mol. The minimum atomic E-state index is -0.0668. The number of para-hydroxylation sites is 2. The maximum absolute atomic E-state index is 13.8. The van der Waals surface area contributed by atoms with E-state index in [2.05, 4.69) is 17.1 Å². The predicted octanol–water partition coefficient (Wildman–Crippen LogP) is 5.36. The van der Waals surface area contributed by atoms with Gasteiger partial charge in [0.2, 0.25) is 5.91 Å². The molecule has 0 aliphatic heterocycles. The molecule has 1 saturated carbocycles. The molecular weight excluding hydrogens is 462 g/mol. The van der Waals surface area contributed by atoms with Gasteiger partial charge in [-0.1, -0.05) is 54.6 Å². The summed E-state index contributed by atoms with van der Waals surface area (Å²) in [4.78, 5) is 34.3. The molecule has 1 fully saturated rings. The average Bonchev–Trinajstić information content (AvgIpc) is 3.69. The second-order valence-electron chi connectivity index (χ2n) is 9.72. The summed E-state index contributed by atoms with van der Waals surface area (Å²) in [6, 6.07) is 23.7. The number of nitrogens with zero attached hydrogens (tertiary/aromatic N) is 2. The lowest BCUT2D eigenvalue weighted by molar-refractivity contribution is -0.132. The van der Waals surface area contributed by atoms with Crippen molar-refractivity contribution in [3.8, 4) is 5.75 Å². The number of aromatic nitrogens is 1. The van der Waals surface area contributed by atoms with Crippen molar-refractivity contribution in [2.24, 2.45) is 0 Å². The number of aryl methyl sites for hydroxylation is 1. The van der Waals surface area contributed by atoms with Crippen molar-refractivity contribution < 1.29 is 14.3 Å². The molecule has 5 rings (SSSR count). The highest BCUT2D eigenvalue weighted by atomic mass is 16.5. The lowest BCUT2D eigenvalue weighted by atomic mass is 10.1. The lowest BCUT2D eigenvalue weighted by Gasteiger charge is -2.28. The molecule has 6 heteroatoms. The molecule has 2 amide bonds. The Morgan fingerprint density at radius 1 is 0.946 bits per heavy atom. The van der Waals surface area contributed by atoms with Gasteiger partial charge in [0.1, 0.15) is 12.3 Å². The molecule has 6 nitrogen and oxygen atoms in total. The van der Waals surface area contributed by atoms with Crippen LogP contribution in [0.2, 0.25) is 0 Å². The minimum absolute atomic E-state index is 0.0559. The molecule has 3 aromatic carbocycles. The zero-order valence-electron chi connectivity index (χ0n) is 21.4. The third-order valence-electron chi connectivity index (χ3n) is 7.16. The van der Waals surface area contributed by atoms with E-state index in [4.69, 9.17) is 4.74 Å². The van der Waals surface area contributed by atoms with E-state index in [-0.39, 0.29) is 24.4 Å². The van der Waals surface area contributed by atoms with Crippen molar-refractivity contribution in [2.75, 3.05) is 20.2 Å². The van der Waals surface area contributed by atoms with Gasteiger partial charge in [0.25, 0.3) is 5.91 Å². The Morgan fingerprint density at radius 2 is 1.68 bits per heavy atom. The van der Waals surface area contributed by atoms with Crippen molar-refractivity contribution >= 4 is 22.7 Å². The number of ether oxygens (including phenoxy) is 1. The van der Waals surface area contributed by atoms with Crippen LogP contribution < -0.4 is 4.74 Å². The number of carbonyl (C=O) groups excluding carboxylic acids is 2. The zero-order chi connectivity index (χ0) is 25.8. The van der Waals surface area contributed by atoms with Crippen molar-refractivity contribution in [3.63, 3.8) is 0 Å². The van der Waals surface area contributed by atoms with Gasteiger partial charge in [-0.05, 0) is 55.5 Å². The summed E-state index contributed by atoms with van der Waals surface area (Å²) >= 11 is 0. The Hall–Kier alpha value is -4.06. The Morgan fingerprint density at radius 3 is 2.46 bits per heavy atom. The van der Waals surface area contributed by atoms with Crippen molar-refractivity contribution in [2.45, 2.75) is 38.8 Å². The van der Waals surface area contributed by atoms with Gasteiger partial charge in [0.15, 0.2) is 0 Å². The van der Waals surface area contributed by atoms with E-state index in [0.717, 1.165) is 35.2 Å². The molecule has 0 unspecified atom stereocenters. The van der Waals surface area contributed by atoms with E-state index in [1.165, 1.54) is 10.9 Å². The largest absolute Gasteiger partial charge is 0.496 e. The third-order valence-corrected chi connectivity index (χ3v) is 7.16. The number of rotatable bonds is 10. The fraction of sp³-hybridized carbons (Fsp3) is 0.290. The first kappa shape index (κ1) is 24.6. The smallest absolute Gasteiger partial charge is 0.254 e. The van der Waals surface area contributed by atoms with Gasteiger partial charge >= 0.3 is 0 Å². The van der Waals surface area contributed by atoms with Crippen LogP contribution in [0, 0.1) is 6.92 Å². The number of carbonyl (C=O) groups is 2. The molecule has 1 N–H and O–H groups in total. The first-order valence-electron chi connectivity index (χ1n) is 12.9. The van der Waals surface area contributed by atoms with Crippen LogP contribution in [0.4, 0.5) is 0 Å². The first-order valence-corrected chi connectivity index (χ1v) is 12.9. The number of hydrogen-bond donors (Lipinski definition) is 1. The third kappa shape index (κ3) is 5.53. The van der Waals surface area contributed by atoms with Gasteiger partial charge in [0, 0.05) is 47.4 Å². The molecule has 190 valence electrons. The Kier molecular flexibility index (Phi) is 7.26. The van der Waals surface area contributed by atoms with Crippen LogP contribution in [-0.2, 0) is 17.8 Å². The Labute approximate surface area is 217 Å². The van der Waals surface area contributed by atoms with Crippen molar-refractivity contribution in [1.29, 1.82) is 0 Å². The number of hydrogen-bond acceptors (Lipinski definition) is 3. The molecule has 0 saturated heterocycles. The van der Waals surface area contributed by atoms with Crippen molar-refractivity contribution in [1.82, 2.24) is 14.8 Å². The summed E-state index contributed by atoms with van der Waals surface area (Å²) in [5.74, 6) is 0.629. The number of fused-ring (bicyclic) bond motifs is 1. The highest BCUT2D eigenvalue weighted by molar-refractivity contribution is 5.98. The first-order chi connectivity index (χ1) is 18.0. The summed E-state index contributed by atoms with van der Waals surface area (Å²) in [5.41, 5.74) is 4.79. The van der Waals surface area contributed by atoms with Crippen LogP contribution in [0.1, 0.15) is 39.9 Å². The quantitative estimate of drug-likeness (QED) is 0.322. The SMILES string of the molecule is COc1ccccc1CN(CCc1c[nH]c2ccccc12)C(=O)CN(C(=O)c1ccccc1C)C1CC1. The lowest BCUT2D eigenvalue weighted by Crippen LogP contribution is -2.44. The maximum atomic E-state index is 13.8. The van der Waals surface area contributed by atoms with Gasteiger partial charge in [-0.2, -0.15) is 0 Å². The number of nitrogens with one attached hydrogen (secondary N) is 1. The van der Waals surface area contributed by atoms with Crippen LogP contribution in [-0.4, -0.2) is 52.8 Å². The summed E-state index contributed by atoms with van der Waals surface area (Å²) in [6.07, 6.45) is 4.61. The van der Waals surface area contributed by atoms with Gasteiger partial charge in [0.05, 0.1) is 7.11 Å². The number of benzene rings is 3. The minimum Gasteiger partial charge on any atom is -0.496 e. The summed E-state index contributed by atoms with van der Waals surface area (Å²) in [6.45, 7) is 2.97. The molecule has 1 aromatic heterocycles. The van der Waals surface area contributed by atoms with Crippen LogP contribution in [0.3, 0.4) is 0 Å². The van der Waals surface area contributed by atoms with E-state index >= 15 is 0 Å². The van der Waals surface area contributed by atoms with Crippen LogP contribution in [0.15, 0.2) is 79.0 Å². The number of amides is 2. The maximum Gasteiger partial charge on any atom is 0.254 e. The fourth-order valence-electron chi connectivity index (χ4n) is 4.89. The van der Waals surface area contributed by atoms with Crippen LogP contribution >= 0.6 is 0 Å². The Bertz CT molecular complexity index is 1410. The van der Waals surface area contributed by atoms with E-state index in [0.29, 0.717) is 25.1 Å².